The molecule has 2 N–H and O–H groups in total. The summed E-state index contributed by atoms with van der Waals surface area (Å²) in [6, 6.07) is 2.42. The number of benzene rings is 1. The second-order valence-electron chi connectivity index (χ2n) is 7.39. The zero-order valence-electron chi connectivity index (χ0n) is 16.0. The highest BCUT2D eigenvalue weighted by Crippen LogP contribution is 2.36. The molecule has 144 valence electrons. The Kier molecular flexibility index (Phi) is 5.91. The molecule has 0 aromatic heterocycles. The molecule has 26 heavy (non-hydrogen) atoms. The maximum absolute atomic E-state index is 14.1. The molecular formula is C19H27F2N3O2. The average Bonchev–Trinajstić information content (AvgIpc) is 3.21. The van der Waals surface area contributed by atoms with Crippen LogP contribution in [0.1, 0.15) is 33.3 Å². The van der Waals surface area contributed by atoms with Gasteiger partial charge in [0, 0.05) is 30.5 Å². The maximum atomic E-state index is 14.1. The van der Waals surface area contributed by atoms with Gasteiger partial charge in [-0.1, -0.05) is 6.08 Å². The van der Waals surface area contributed by atoms with Crippen LogP contribution in [0, 0.1) is 11.6 Å². The molecule has 2 rings (SSSR count). The minimum Gasteiger partial charge on any atom is -0.443 e. The highest BCUT2D eigenvalue weighted by Gasteiger charge is 2.47. The van der Waals surface area contributed by atoms with Gasteiger partial charge in [-0.25, -0.2) is 13.6 Å². The second kappa shape index (κ2) is 7.61. The van der Waals surface area contributed by atoms with Crippen LogP contribution in [-0.2, 0) is 11.2 Å². The summed E-state index contributed by atoms with van der Waals surface area (Å²) >= 11 is 0. The number of likely N-dealkylation sites (N-methyl/N-ethyl adjacent to an activating group) is 1. The number of allylic oxidation sites excluding steroid dienone is 1. The van der Waals surface area contributed by atoms with E-state index in [9.17, 15) is 13.6 Å². The summed E-state index contributed by atoms with van der Waals surface area (Å²) in [5.41, 5.74) is 6.06. The van der Waals surface area contributed by atoms with Gasteiger partial charge in [-0.15, -0.1) is 0 Å². The molecule has 1 aliphatic heterocycles. The Labute approximate surface area is 153 Å². The monoisotopic (exact) mass is 367 g/mol. The van der Waals surface area contributed by atoms with E-state index in [-0.39, 0.29) is 24.6 Å². The van der Waals surface area contributed by atoms with Crippen molar-refractivity contribution in [2.45, 2.75) is 45.8 Å². The van der Waals surface area contributed by atoms with Gasteiger partial charge >= 0.3 is 6.09 Å². The number of halogens is 2. The van der Waals surface area contributed by atoms with Gasteiger partial charge in [-0.05, 0) is 52.8 Å². The van der Waals surface area contributed by atoms with Gasteiger partial charge in [0.05, 0.1) is 6.04 Å². The lowest BCUT2D eigenvalue weighted by molar-refractivity contribution is 0.0418. The Balaban J connectivity index is 2.10. The van der Waals surface area contributed by atoms with Crippen LogP contribution in [0.2, 0.25) is 0 Å². The van der Waals surface area contributed by atoms with Crippen LogP contribution in [0.25, 0.3) is 0 Å². The molecule has 1 aliphatic rings. The van der Waals surface area contributed by atoms with Gasteiger partial charge in [-0.3, -0.25) is 4.90 Å². The fraction of sp³-hybridized carbons (Fsp3) is 0.526. The van der Waals surface area contributed by atoms with Crippen LogP contribution in [0.5, 0.6) is 0 Å². The molecule has 1 aromatic rings. The van der Waals surface area contributed by atoms with E-state index in [4.69, 9.17) is 10.5 Å². The first-order valence-electron chi connectivity index (χ1n) is 8.66. The van der Waals surface area contributed by atoms with Crippen LogP contribution in [0.4, 0.5) is 19.3 Å². The summed E-state index contributed by atoms with van der Waals surface area (Å²) in [6.45, 7) is 7.85. The van der Waals surface area contributed by atoms with Gasteiger partial charge in [0.15, 0.2) is 0 Å². The SMILES string of the molecule is C/C=C1\C(CN(C)c2cc(F)c(CCN)c(F)c2)N1C(=O)OC(C)(C)C. The van der Waals surface area contributed by atoms with Crippen molar-refractivity contribution in [2.24, 2.45) is 5.73 Å². The minimum absolute atomic E-state index is 0.000552. The summed E-state index contributed by atoms with van der Waals surface area (Å²) in [4.78, 5) is 15.5. The Bertz CT molecular complexity index is 690. The number of rotatable bonds is 5. The predicted molar refractivity (Wildman–Crippen MR) is 98.0 cm³/mol. The lowest BCUT2D eigenvalue weighted by Crippen LogP contribution is -2.30. The van der Waals surface area contributed by atoms with Crippen LogP contribution >= 0.6 is 0 Å². The number of hydrogen-bond donors (Lipinski definition) is 1. The van der Waals surface area contributed by atoms with E-state index in [1.54, 1.807) is 37.6 Å². The number of amides is 1. The molecule has 0 aliphatic carbocycles. The van der Waals surface area contributed by atoms with Gasteiger partial charge in [-0.2, -0.15) is 0 Å². The molecule has 1 fully saturated rings. The van der Waals surface area contributed by atoms with Gasteiger partial charge in [0.2, 0.25) is 0 Å². The first kappa shape index (κ1) is 20.2. The summed E-state index contributed by atoms with van der Waals surface area (Å²) in [5.74, 6) is -1.22. The number of nitrogens with zero attached hydrogens (tertiary/aromatic N) is 2. The zero-order valence-corrected chi connectivity index (χ0v) is 16.0. The number of hydrogen-bond acceptors (Lipinski definition) is 4. The largest absolute Gasteiger partial charge is 0.443 e. The van der Waals surface area contributed by atoms with Crippen LogP contribution < -0.4 is 10.6 Å². The molecule has 1 saturated heterocycles. The van der Waals surface area contributed by atoms with Crippen LogP contribution in [0.15, 0.2) is 23.9 Å². The van der Waals surface area contributed by atoms with E-state index in [0.717, 1.165) is 5.70 Å². The van der Waals surface area contributed by atoms with E-state index < -0.39 is 23.3 Å². The second-order valence-corrected chi connectivity index (χ2v) is 7.39. The number of nitrogens with two attached hydrogens (primary N) is 1. The number of carbonyl (C=O) groups is 1. The average molecular weight is 367 g/mol. The standard InChI is InChI=1S/C19H27F2N3O2/c1-6-16-17(24(16)18(25)26-19(2,3)4)11-23(5)12-9-14(20)13(7-8-22)15(21)10-12/h6,9-10,17H,7-8,11,22H2,1-5H3/b16-6+. The Hall–Kier alpha value is -2.15. The fourth-order valence-corrected chi connectivity index (χ4v) is 2.86. The van der Waals surface area contributed by atoms with Crippen molar-refractivity contribution in [1.29, 1.82) is 0 Å². The molecule has 0 spiro atoms. The molecule has 1 amide bonds. The van der Waals surface area contributed by atoms with E-state index in [2.05, 4.69) is 0 Å². The van der Waals surface area contributed by atoms with E-state index in [0.29, 0.717) is 12.2 Å². The maximum Gasteiger partial charge on any atom is 0.415 e. The Morgan fingerprint density at radius 3 is 2.38 bits per heavy atom. The highest BCUT2D eigenvalue weighted by atomic mass is 19.1. The van der Waals surface area contributed by atoms with Gasteiger partial charge in [0.25, 0.3) is 0 Å². The molecule has 1 heterocycles. The zero-order chi connectivity index (χ0) is 19.6. The Morgan fingerprint density at radius 2 is 1.92 bits per heavy atom. The molecule has 0 radical (unpaired) electrons. The molecule has 0 bridgehead atoms. The molecule has 7 heteroatoms. The summed E-state index contributed by atoms with van der Waals surface area (Å²) in [6.07, 6.45) is 1.58. The van der Waals surface area contributed by atoms with E-state index >= 15 is 0 Å². The Morgan fingerprint density at radius 1 is 1.35 bits per heavy atom. The van der Waals surface area contributed by atoms with Crippen molar-refractivity contribution in [3.8, 4) is 0 Å². The molecule has 0 saturated carbocycles. The molecule has 1 aromatic carbocycles. The van der Waals surface area contributed by atoms with Crippen molar-refractivity contribution >= 4 is 11.8 Å². The van der Waals surface area contributed by atoms with E-state index in [1.807, 2.05) is 13.0 Å². The molecule has 5 nitrogen and oxygen atoms in total. The lowest BCUT2D eigenvalue weighted by Gasteiger charge is -2.22. The third-order valence-electron chi connectivity index (χ3n) is 4.16. The van der Waals surface area contributed by atoms with Crippen molar-refractivity contribution < 1.29 is 18.3 Å². The number of ether oxygens (including phenoxy) is 1. The quantitative estimate of drug-likeness (QED) is 0.810. The molecule has 1 unspecified atom stereocenters. The van der Waals surface area contributed by atoms with Crippen molar-refractivity contribution in [2.75, 3.05) is 25.0 Å². The topological polar surface area (TPSA) is 58.6 Å². The highest BCUT2D eigenvalue weighted by molar-refractivity contribution is 5.77. The predicted octanol–water partition coefficient (Wildman–Crippen LogP) is 3.43. The van der Waals surface area contributed by atoms with Gasteiger partial charge < -0.3 is 15.4 Å². The number of carbonyl (C=O) groups excluding carboxylic acids is 1. The van der Waals surface area contributed by atoms with Crippen LogP contribution in [0.3, 0.4) is 0 Å². The van der Waals surface area contributed by atoms with Crippen molar-refractivity contribution in [3.63, 3.8) is 0 Å². The van der Waals surface area contributed by atoms with Crippen molar-refractivity contribution in [1.82, 2.24) is 4.90 Å². The first-order valence-corrected chi connectivity index (χ1v) is 8.66. The lowest BCUT2D eigenvalue weighted by atomic mass is 10.1. The van der Waals surface area contributed by atoms with Crippen molar-refractivity contribution in [3.05, 3.63) is 41.1 Å². The summed E-state index contributed by atoms with van der Waals surface area (Å²) in [5, 5.41) is 0. The summed E-state index contributed by atoms with van der Waals surface area (Å²) < 4.78 is 33.6. The van der Waals surface area contributed by atoms with Gasteiger partial charge in [0.1, 0.15) is 17.2 Å². The molecule has 1 atom stereocenters. The minimum atomic E-state index is -0.608. The summed E-state index contributed by atoms with van der Waals surface area (Å²) in [7, 11) is 1.73. The molecular weight excluding hydrogens is 340 g/mol. The third kappa shape index (κ3) is 4.52. The normalized spacial score (nSPS) is 18.2. The number of anilines is 1. The third-order valence-corrected chi connectivity index (χ3v) is 4.16. The van der Waals surface area contributed by atoms with E-state index in [1.165, 1.54) is 12.1 Å². The first-order chi connectivity index (χ1) is 12.1. The smallest absolute Gasteiger partial charge is 0.415 e. The fourth-order valence-electron chi connectivity index (χ4n) is 2.86. The van der Waals surface area contributed by atoms with Crippen LogP contribution in [-0.4, -0.2) is 42.8 Å².